The molecule has 2 aliphatic carbocycles. The fourth-order valence-electron chi connectivity index (χ4n) is 3.96. The van der Waals surface area contributed by atoms with Gasteiger partial charge >= 0.3 is 0 Å². The molecule has 110 valence electrons. The van der Waals surface area contributed by atoms with Gasteiger partial charge in [-0.2, -0.15) is 10.5 Å². The van der Waals surface area contributed by atoms with E-state index in [1.54, 1.807) is 0 Å². The Morgan fingerprint density at radius 1 is 1.20 bits per heavy atom. The second-order valence-electron chi connectivity index (χ2n) is 6.66. The Bertz CT molecular complexity index is 422. The highest BCUT2D eigenvalue weighted by molar-refractivity contribution is 8.04. The minimum absolute atomic E-state index is 0.00118. The predicted octanol–water partition coefficient (Wildman–Crippen LogP) is 4.01. The third kappa shape index (κ3) is 2.69. The van der Waals surface area contributed by atoms with Gasteiger partial charge in [-0.05, 0) is 59.5 Å². The van der Waals surface area contributed by atoms with E-state index >= 15 is 0 Å². The second kappa shape index (κ2) is 6.18. The van der Waals surface area contributed by atoms with E-state index < -0.39 is 0 Å². The topological polar surface area (TPSA) is 56.8 Å². The number of rotatable bonds is 6. The van der Waals surface area contributed by atoms with Gasteiger partial charge in [0.15, 0.2) is 0 Å². The smallest absolute Gasteiger partial charge is 0.133 e. The van der Waals surface area contributed by atoms with Crippen LogP contribution in [0.25, 0.3) is 0 Å². The molecule has 0 aromatic rings. The normalized spacial score (nSPS) is 34.1. The Morgan fingerprint density at radius 2 is 1.80 bits per heavy atom. The van der Waals surface area contributed by atoms with E-state index in [1.807, 2.05) is 0 Å². The van der Waals surface area contributed by atoms with E-state index in [9.17, 15) is 0 Å². The van der Waals surface area contributed by atoms with Crippen molar-refractivity contribution in [2.75, 3.05) is 11.5 Å². The Kier molecular flexibility index (Phi) is 4.95. The Morgan fingerprint density at radius 3 is 2.20 bits per heavy atom. The van der Waals surface area contributed by atoms with Crippen molar-refractivity contribution in [1.29, 1.82) is 10.5 Å². The summed E-state index contributed by atoms with van der Waals surface area (Å²) in [4.78, 5) is 0. The first-order valence-corrected chi connectivity index (χ1v) is 9.10. The first-order valence-electron chi connectivity index (χ1n) is 7.13. The molecule has 3 nitrogen and oxygen atoms in total. The number of hydrogen-bond donors (Lipinski definition) is 0. The molecule has 0 radical (unpaired) electrons. The van der Waals surface area contributed by atoms with Gasteiger partial charge in [0.05, 0.1) is 12.2 Å². The Labute approximate surface area is 130 Å². The lowest BCUT2D eigenvalue weighted by Gasteiger charge is -2.40. The molecule has 2 bridgehead atoms. The molecule has 3 atom stereocenters. The molecule has 0 spiro atoms. The van der Waals surface area contributed by atoms with Gasteiger partial charge in [0.1, 0.15) is 10.8 Å². The van der Waals surface area contributed by atoms with E-state index in [0.29, 0.717) is 16.9 Å². The third-order valence-electron chi connectivity index (χ3n) is 5.74. The first kappa shape index (κ1) is 16.0. The SMILES string of the molecule is CC1(C)[C@H]2CC[C@]1(C)[C@@H](OC(CSC#N)CSC#N)C2. The highest BCUT2D eigenvalue weighted by Gasteiger charge is 2.62. The van der Waals surface area contributed by atoms with Crippen molar-refractivity contribution in [2.24, 2.45) is 16.7 Å². The number of ether oxygens (including phenoxy) is 1. The fraction of sp³-hybridized carbons (Fsp3) is 0.867. The van der Waals surface area contributed by atoms with Gasteiger partial charge in [-0.1, -0.05) is 20.8 Å². The average molecular weight is 310 g/mol. The molecule has 0 heterocycles. The van der Waals surface area contributed by atoms with Crippen LogP contribution in [0.4, 0.5) is 0 Å². The summed E-state index contributed by atoms with van der Waals surface area (Å²) in [6.07, 6.45) is 3.96. The number of thiocyanates is 2. The van der Waals surface area contributed by atoms with Crippen molar-refractivity contribution >= 4 is 23.5 Å². The molecule has 5 heteroatoms. The maximum atomic E-state index is 8.73. The first-order chi connectivity index (χ1) is 9.45. The number of fused-ring (bicyclic) bond motifs is 2. The highest BCUT2D eigenvalue weighted by atomic mass is 32.2. The summed E-state index contributed by atoms with van der Waals surface area (Å²) in [6, 6.07) is 0. The van der Waals surface area contributed by atoms with Crippen molar-refractivity contribution in [3.63, 3.8) is 0 Å². The summed E-state index contributed by atoms with van der Waals surface area (Å²) in [7, 11) is 0. The zero-order valence-corrected chi connectivity index (χ0v) is 14.0. The van der Waals surface area contributed by atoms with Crippen LogP contribution in [0.2, 0.25) is 0 Å². The van der Waals surface area contributed by atoms with Gasteiger partial charge < -0.3 is 4.74 Å². The van der Waals surface area contributed by atoms with Crippen molar-refractivity contribution in [3.05, 3.63) is 0 Å². The molecule has 2 rings (SSSR count). The monoisotopic (exact) mass is 310 g/mol. The number of hydrogen-bond acceptors (Lipinski definition) is 5. The van der Waals surface area contributed by atoms with Crippen molar-refractivity contribution in [3.8, 4) is 10.8 Å². The van der Waals surface area contributed by atoms with Crippen LogP contribution in [0.5, 0.6) is 0 Å². The van der Waals surface area contributed by atoms with Gasteiger partial charge in [-0.15, -0.1) is 0 Å². The summed E-state index contributed by atoms with van der Waals surface area (Å²) >= 11 is 2.45. The quantitative estimate of drug-likeness (QED) is 0.694. The van der Waals surface area contributed by atoms with Gasteiger partial charge in [0.25, 0.3) is 0 Å². The number of nitriles is 2. The predicted molar refractivity (Wildman–Crippen MR) is 84.0 cm³/mol. The van der Waals surface area contributed by atoms with Crippen LogP contribution in [0.1, 0.15) is 40.0 Å². The van der Waals surface area contributed by atoms with E-state index in [2.05, 4.69) is 31.6 Å². The molecule has 2 saturated carbocycles. The molecule has 0 aliphatic heterocycles. The van der Waals surface area contributed by atoms with Crippen LogP contribution in [-0.4, -0.2) is 23.7 Å². The molecule has 0 aromatic carbocycles. The second-order valence-corrected chi connectivity index (χ2v) is 8.27. The zero-order valence-electron chi connectivity index (χ0n) is 12.4. The summed E-state index contributed by atoms with van der Waals surface area (Å²) < 4.78 is 6.34. The van der Waals surface area contributed by atoms with Gasteiger partial charge in [-0.3, -0.25) is 0 Å². The fourth-order valence-corrected chi connectivity index (χ4v) is 5.02. The summed E-state index contributed by atoms with van der Waals surface area (Å²) in [5.74, 6) is 2.07. The van der Waals surface area contributed by atoms with Crippen LogP contribution in [0, 0.1) is 38.1 Å². The lowest BCUT2D eigenvalue weighted by atomic mass is 9.70. The number of thioether (sulfide) groups is 2. The van der Waals surface area contributed by atoms with Crippen LogP contribution < -0.4 is 0 Å². The molecular weight excluding hydrogens is 288 g/mol. The molecule has 0 aromatic heterocycles. The van der Waals surface area contributed by atoms with Crippen molar-refractivity contribution in [1.82, 2.24) is 0 Å². The van der Waals surface area contributed by atoms with Crippen LogP contribution in [0.15, 0.2) is 0 Å². The van der Waals surface area contributed by atoms with Crippen LogP contribution in [-0.2, 0) is 4.74 Å². The average Bonchev–Trinajstić information content (AvgIpc) is 2.74. The van der Waals surface area contributed by atoms with Crippen LogP contribution >= 0.6 is 23.5 Å². The van der Waals surface area contributed by atoms with E-state index in [4.69, 9.17) is 15.3 Å². The minimum atomic E-state index is 0.00118. The molecule has 2 fully saturated rings. The van der Waals surface area contributed by atoms with E-state index in [-0.39, 0.29) is 17.6 Å². The lowest BCUT2D eigenvalue weighted by Crippen LogP contribution is -2.40. The lowest BCUT2D eigenvalue weighted by molar-refractivity contribution is -0.0709. The van der Waals surface area contributed by atoms with E-state index in [1.165, 1.54) is 36.4 Å². The maximum Gasteiger partial charge on any atom is 0.133 e. The summed E-state index contributed by atoms with van der Waals surface area (Å²) in [5.41, 5.74) is 0.581. The maximum absolute atomic E-state index is 8.73. The van der Waals surface area contributed by atoms with Gasteiger partial charge in [-0.25, -0.2) is 0 Å². The third-order valence-corrected chi connectivity index (χ3v) is 7.07. The highest BCUT2D eigenvalue weighted by Crippen LogP contribution is 2.66. The Balaban J connectivity index is 2.01. The number of nitrogens with zero attached hydrogens (tertiary/aromatic N) is 2. The van der Waals surface area contributed by atoms with E-state index in [0.717, 1.165) is 12.3 Å². The van der Waals surface area contributed by atoms with Crippen LogP contribution in [0.3, 0.4) is 0 Å². The molecule has 0 N–H and O–H groups in total. The largest absolute Gasteiger partial charge is 0.373 e. The molecule has 20 heavy (non-hydrogen) atoms. The van der Waals surface area contributed by atoms with Crippen molar-refractivity contribution in [2.45, 2.75) is 52.2 Å². The molecule has 2 aliphatic rings. The molecule has 0 saturated heterocycles. The molecular formula is C15H22N2OS2. The van der Waals surface area contributed by atoms with Gasteiger partial charge in [0, 0.05) is 11.5 Å². The van der Waals surface area contributed by atoms with Crippen molar-refractivity contribution < 1.29 is 4.74 Å². The molecule has 0 amide bonds. The summed E-state index contributed by atoms with van der Waals surface area (Å²) in [5, 5.41) is 21.7. The zero-order chi connectivity index (χ0) is 14.8. The standard InChI is InChI=1S/C15H22N2OS2/c1-14(2)11-4-5-15(14,3)13(6-11)18-12(7-19-9-16)8-20-10-17/h11-13H,4-8H2,1-3H3/t11-,13-,15+/m0/s1. The Hall–Kier alpha value is -0.360. The minimum Gasteiger partial charge on any atom is -0.373 e. The van der Waals surface area contributed by atoms with Gasteiger partial charge in [0.2, 0.25) is 0 Å². The summed E-state index contributed by atoms with van der Waals surface area (Å²) in [6.45, 7) is 7.10. The molecule has 0 unspecified atom stereocenters.